The van der Waals surface area contributed by atoms with Crippen LogP contribution in [0.3, 0.4) is 0 Å². The van der Waals surface area contributed by atoms with Crippen molar-refractivity contribution in [1.82, 2.24) is 9.78 Å². The monoisotopic (exact) mass is 244 g/mol. The molecule has 1 aromatic heterocycles. The van der Waals surface area contributed by atoms with Crippen molar-refractivity contribution in [3.63, 3.8) is 0 Å². The third-order valence-electron chi connectivity index (χ3n) is 2.26. The maximum Gasteiger partial charge on any atom is 0.232 e. The van der Waals surface area contributed by atoms with Gasteiger partial charge in [-0.1, -0.05) is 0 Å². The zero-order chi connectivity index (χ0) is 12.2. The van der Waals surface area contributed by atoms with E-state index in [0.29, 0.717) is 6.04 Å². The topological polar surface area (TPSA) is 27.1 Å². The second-order valence-electron chi connectivity index (χ2n) is 5.22. The summed E-state index contributed by atoms with van der Waals surface area (Å²) in [5, 5.41) is 4.34. The fourth-order valence-corrected chi connectivity index (χ4v) is 2.34. The summed E-state index contributed by atoms with van der Waals surface area (Å²) < 4.78 is 7.53. The van der Waals surface area contributed by atoms with Crippen molar-refractivity contribution in [2.24, 2.45) is 0 Å². The van der Waals surface area contributed by atoms with E-state index < -0.39 is 10.0 Å². The molecule has 4 heteroatoms. The molecule has 0 fully saturated rings. The standard InChI is InChI=1S/C12H24N2OS/c1-11(2)14-8-7-12(13-14)15-9-6-10-16(3,4)5/h7-8,11H,6,9-10H2,1-5H3. The molecule has 0 unspecified atom stereocenters. The molecule has 0 radical (unpaired) electrons. The van der Waals surface area contributed by atoms with E-state index in [1.165, 1.54) is 5.75 Å². The predicted octanol–water partition coefficient (Wildman–Crippen LogP) is 2.93. The first kappa shape index (κ1) is 13.4. The van der Waals surface area contributed by atoms with Gasteiger partial charge in [-0.25, -0.2) is 10.0 Å². The van der Waals surface area contributed by atoms with Gasteiger partial charge in [0.15, 0.2) is 0 Å². The van der Waals surface area contributed by atoms with Crippen LogP contribution in [0, 0.1) is 0 Å². The Balaban J connectivity index is 2.27. The summed E-state index contributed by atoms with van der Waals surface area (Å²) in [6, 6.07) is 2.33. The first-order chi connectivity index (χ1) is 7.38. The van der Waals surface area contributed by atoms with Crippen molar-refractivity contribution in [3.05, 3.63) is 12.3 Å². The van der Waals surface area contributed by atoms with Crippen molar-refractivity contribution in [3.8, 4) is 5.88 Å². The number of aromatic nitrogens is 2. The van der Waals surface area contributed by atoms with Gasteiger partial charge in [-0.3, -0.25) is 4.68 Å². The largest absolute Gasteiger partial charge is 0.477 e. The third kappa shape index (κ3) is 4.92. The van der Waals surface area contributed by atoms with Crippen LogP contribution in [0.1, 0.15) is 26.3 Å². The van der Waals surface area contributed by atoms with E-state index in [-0.39, 0.29) is 0 Å². The van der Waals surface area contributed by atoms with Gasteiger partial charge in [0.2, 0.25) is 5.88 Å². The smallest absolute Gasteiger partial charge is 0.232 e. The second-order valence-corrected chi connectivity index (χ2v) is 9.81. The molecule has 0 amide bonds. The van der Waals surface area contributed by atoms with E-state index in [4.69, 9.17) is 4.74 Å². The molecule has 0 saturated carbocycles. The molecule has 0 N–H and O–H groups in total. The van der Waals surface area contributed by atoms with Crippen molar-refractivity contribution < 1.29 is 4.74 Å². The first-order valence-corrected chi connectivity index (χ1v) is 8.75. The quantitative estimate of drug-likeness (QED) is 0.719. The highest BCUT2D eigenvalue weighted by atomic mass is 32.3. The maximum absolute atomic E-state index is 5.61. The van der Waals surface area contributed by atoms with Crippen LogP contribution in [-0.4, -0.2) is 40.9 Å². The Labute approximate surface area is 100 Å². The minimum absolute atomic E-state index is 0.392. The molecule has 16 heavy (non-hydrogen) atoms. The number of nitrogens with zero attached hydrogens (tertiary/aromatic N) is 2. The lowest BCUT2D eigenvalue weighted by molar-refractivity contribution is 0.300. The predicted molar refractivity (Wildman–Crippen MR) is 73.0 cm³/mol. The maximum atomic E-state index is 5.61. The van der Waals surface area contributed by atoms with Crippen molar-refractivity contribution in [2.45, 2.75) is 26.3 Å². The molecule has 0 aliphatic carbocycles. The molecule has 0 atom stereocenters. The Kier molecular flexibility index (Phi) is 4.71. The molecule has 0 spiro atoms. The van der Waals surface area contributed by atoms with E-state index in [9.17, 15) is 0 Å². The fraction of sp³-hybridized carbons (Fsp3) is 0.750. The number of hydrogen-bond acceptors (Lipinski definition) is 2. The summed E-state index contributed by atoms with van der Waals surface area (Å²) in [7, 11) is -0.392. The van der Waals surface area contributed by atoms with Crippen LogP contribution in [0.15, 0.2) is 12.3 Å². The third-order valence-corrected chi connectivity index (χ3v) is 3.78. The van der Waals surface area contributed by atoms with Crippen molar-refractivity contribution in [2.75, 3.05) is 31.1 Å². The van der Waals surface area contributed by atoms with E-state index in [2.05, 4.69) is 37.7 Å². The molecule has 1 rings (SSSR count). The minimum Gasteiger partial charge on any atom is -0.477 e. The van der Waals surface area contributed by atoms with Crippen LogP contribution in [0.4, 0.5) is 0 Å². The van der Waals surface area contributed by atoms with Gasteiger partial charge in [0.05, 0.1) is 6.61 Å². The molecule has 1 heterocycles. The SMILES string of the molecule is CC(C)n1ccc(OCCCS(C)(C)C)n1. The molecule has 1 aromatic rings. The Bertz CT molecular complexity index is 315. The van der Waals surface area contributed by atoms with Gasteiger partial charge in [-0.2, -0.15) is 0 Å². The molecule has 0 aromatic carbocycles. The molecular formula is C12H24N2OS. The Morgan fingerprint density at radius 3 is 2.56 bits per heavy atom. The van der Waals surface area contributed by atoms with Crippen molar-refractivity contribution >= 4 is 10.0 Å². The van der Waals surface area contributed by atoms with Crippen molar-refractivity contribution in [1.29, 1.82) is 0 Å². The van der Waals surface area contributed by atoms with Gasteiger partial charge in [0.25, 0.3) is 0 Å². The van der Waals surface area contributed by atoms with Gasteiger partial charge < -0.3 is 4.74 Å². The molecule has 0 aliphatic heterocycles. The Morgan fingerprint density at radius 1 is 1.38 bits per heavy atom. The summed E-state index contributed by atoms with van der Waals surface area (Å²) in [6.07, 6.45) is 10.1. The second kappa shape index (κ2) is 5.62. The van der Waals surface area contributed by atoms with Crippen LogP contribution < -0.4 is 4.74 Å². The minimum atomic E-state index is -0.392. The molecule has 0 aliphatic rings. The van der Waals surface area contributed by atoms with E-state index >= 15 is 0 Å². The Morgan fingerprint density at radius 2 is 2.06 bits per heavy atom. The van der Waals surface area contributed by atoms with Crippen LogP contribution in [0.5, 0.6) is 5.88 Å². The summed E-state index contributed by atoms with van der Waals surface area (Å²) in [4.78, 5) is 0. The zero-order valence-corrected chi connectivity index (χ0v) is 11.9. The summed E-state index contributed by atoms with van der Waals surface area (Å²) in [6.45, 7) is 5.00. The van der Waals surface area contributed by atoms with E-state index in [1.54, 1.807) is 0 Å². The van der Waals surface area contributed by atoms with Crippen LogP contribution in [0.2, 0.25) is 0 Å². The number of rotatable bonds is 6. The van der Waals surface area contributed by atoms with Gasteiger partial charge >= 0.3 is 0 Å². The molecule has 0 bridgehead atoms. The number of hydrogen-bond donors (Lipinski definition) is 0. The van der Waals surface area contributed by atoms with Crippen LogP contribution in [0.25, 0.3) is 0 Å². The van der Waals surface area contributed by atoms with Gasteiger partial charge in [-0.05, 0) is 44.8 Å². The molecule has 94 valence electrons. The van der Waals surface area contributed by atoms with Gasteiger partial charge in [-0.15, -0.1) is 5.10 Å². The van der Waals surface area contributed by atoms with Crippen LogP contribution in [-0.2, 0) is 0 Å². The normalized spacial score (nSPS) is 13.1. The summed E-state index contributed by atoms with van der Waals surface area (Å²) in [5.74, 6) is 2.01. The zero-order valence-electron chi connectivity index (χ0n) is 11.1. The summed E-state index contributed by atoms with van der Waals surface area (Å²) in [5.41, 5.74) is 0. The lowest BCUT2D eigenvalue weighted by Gasteiger charge is -2.24. The average Bonchev–Trinajstić information content (AvgIpc) is 2.59. The van der Waals surface area contributed by atoms with Gasteiger partial charge in [0, 0.05) is 18.3 Å². The van der Waals surface area contributed by atoms with E-state index in [0.717, 1.165) is 18.9 Å². The highest BCUT2D eigenvalue weighted by Crippen LogP contribution is 2.34. The number of ether oxygens (including phenoxy) is 1. The lowest BCUT2D eigenvalue weighted by atomic mass is 10.4. The van der Waals surface area contributed by atoms with E-state index in [1.807, 2.05) is 16.9 Å². The molecule has 0 saturated heterocycles. The fourth-order valence-electron chi connectivity index (χ4n) is 1.35. The molecule has 3 nitrogen and oxygen atoms in total. The Hall–Kier alpha value is -0.640. The first-order valence-electron chi connectivity index (χ1n) is 5.72. The summed E-state index contributed by atoms with van der Waals surface area (Å²) >= 11 is 0. The van der Waals surface area contributed by atoms with Gasteiger partial charge in [0.1, 0.15) is 0 Å². The highest BCUT2D eigenvalue weighted by Gasteiger charge is 2.05. The molecular weight excluding hydrogens is 220 g/mol. The van der Waals surface area contributed by atoms with Crippen LogP contribution >= 0.6 is 10.0 Å². The average molecular weight is 244 g/mol. The lowest BCUT2D eigenvalue weighted by Crippen LogP contribution is -2.06. The highest BCUT2D eigenvalue weighted by molar-refractivity contribution is 8.32.